The molecule has 0 unspecified atom stereocenters. The van der Waals surface area contributed by atoms with Gasteiger partial charge in [0, 0.05) is 12.1 Å². The second kappa shape index (κ2) is 5.44. The molecular formula is C17H14N2O3. The number of para-hydroxylation sites is 1. The summed E-state index contributed by atoms with van der Waals surface area (Å²) in [5.74, 6) is -0.608. The number of nitrogens with zero attached hydrogens (tertiary/aromatic N) is 2. The summed E-state index contributed by atoms with van der Waals surface area (Å²) < 4.78 is 2.14. The SMILES string of the molecule is CCn1c(=O)n(C(=O)c2ccccc2)c(=O)c2ccccc21. The van der Waals surface area contributed by atoms with Crippen LogP contribution in [0.5, 0.6) is 0 Å². The fourth-order valence-corrected chi connectivity index (χ4v) is 2.52. The minimum absolute atomic E-state index is 0.305. The zero-order chi connectivity index (χ0) is 15.7. The molecule has 3 aromatic rings. The lowest BCUT2D eigenvalue weighted by Crippen LogP contribution is -2.43. The van der Waals surface area contributed by atoms with Crippen molar-refractivity contribution < 1.29 is 4.79 Å². The number of hydrogen-bond acceptors (Lipinski definition) is 3. The van der Waals surface area contributed by atoms with E-state index in [-0.39, 0.29) is 0 Å². The molecule has 0 atom stereocenters. The second-order valence-electron chi connectivity index (χ2n) is 4.86. The molecule has 5 heteroatoms. The monoisotopic (exact) mass is 294 g/mol. The first-order valence-electron chi connectivity index (χ1n) is 6.99. The molecule has 0 aliphatic carbocycles. The zero-order valence-corrected chi connectivity index (χ0v) is 12.0. The highest BCUT2D eigenvalue weighted by Gasteiger charge is 2.18. The van der Waals surface area contributed by atoms with Gasteiger partial charge in [0.25, 0.3) is 11.5 Å². The molecule has 0 radical (unpaired) electrons. The smallest absolute Gasteiger partial charge is 0.293 e. The van der Waals surface area contributed by atoms with Crippen molar-refractivity contribution in [1.29, 1.82) is 0 Å². The van der Waals surface area contributed by atoms with Crippen LogP contribution in [0.3, 0.4) is 0 Å². The Kier molecular flexibility index (Phi) is 3.47. The van der Waals surface area contributed by atoms with Gasteiger partial charge in [-0.1, -0.05) is 30.3 Å². The molecule has 22 heavy (non-hydrogen) atoms. The van der Waals surface area contributed by atoms with E-state index < -0.39 is 17.2 Å². The number of fused-ring (bicyclic) bond motifs is 1. The number of carbonyl (C=O) groups is 1. The number of benzene rings is 2. The summed E-state index contributed by atoms with van der Waals surface area (Å²) in [6, 6.07) is 15.1. The van der Waals surface area contributed by atoms with Gasteiger partial charge in [-0.15, -0.1) is 0 Å². The summed E-state index contributed by atoms with van der Waals surface area (Å²) in [4.78, 5) is 37.7. The van der Waals surface area contributed by atoms with Gasteiger partial charge in [0.2, 0.25) is 0 Å². The number of rotatable bonds is 2. The van der Waals surface area contributed by atoms with E-state index in [4.69, 9.17) is 0 Å². The Balaban J connectivity index is 2.38. The topological polar surface area (TPSA) is 61.1 Å². The van der Waals surface area contributed by atoms with Crippen molar-refractivity contribution in [3.8, 4) is 0 Å². The van der Waals surface area contributed by atoms with Crippen LogP contribution < -0.4 is 11.2 Å². The van der Waals surface area contributed by atoms with E-state index in [1.807, 2.05) is 0 Å². The highest BCUT2D eigenvalue weighted by Crippen LogP contribution is 2.08. The maximum Gasteiger partial charge on any atom is 0.338 e. The van der Waals surface area contributed by atoms with Gasteiger partial charge in [0.15, 0.2) is 0 Å². The van der Waals surface area contributed by atoms with Gasteiger partial charge >= 0.3 is 5.69 Å². The van der Waals surface area contributed by atoms with Gasteiger partial charge in [0.05, 0.1) is 10.9 Å². The van der Waals surface area contributed by atoms with Crippen LogP contribution in [0.2, 0.25) is 0 Å². The van der Waals surface area contributed by atoms with Crippen molar-refractivity contribution in [1.82, 2.24) is 9.13 Å². The predicted octanol–water partition coefficient (Wildman–Crippen LogP) is 1.87. The van der Waals surface area contributed by atoms with E-state index in [1.165, 1.54) is 4.57 Å². The van der Waals surface area contributed by atoms with E-state index >= 15 is 0 Å². The summed E-state index contributed by atoms with van der Waals surface area (Å²) in [6.07, 6.45) is 0. The van der Waals surface area contributed by atoms with Gasteiger partial charge < -0.3 is 0 Å². The largest absolute Gasteiger partial charge is 0.338 e. The van der Waals surface area contributed by atoms with Crippen molar-refractivity contribution in [3.05, 3.63) is 81.0 Å². The summed E-state index contributed by atoms with van der Waals surface area (Å²) in [7, 11) is 0. The number of aromatic nitrogens is 2. The van der Waals surface area contributed by atoms with Crippen LogP contribution in [-0.4, -0.2) is 15.0 Å². The maximum atomic E-state index is 12.6. The third kappa shape index (κ3) is 2.07. The van der Waals surface area contributed by atoms with Crippen LogP contribution >= 0.6 is 0 Å². The molecule has 3 rings (SSSR count). The first kappa shape index (κ1) is 14.0. The van der Waals surface area contributed by atoms with Crippen molar-refractivity contribution >= 4 is 16.8 Å². The van der Waals surface area contributed by atoms with Crippen LogP contribution in [0.4, 0.5) is 0 Å². The van der Waals surface area contributed by atoms with E-state index in [0.717, 1.165) is 0 Å². The fraction of sp³-hybridized carbons (Fsp3) is 0.118. The summed E-state index contributed by atoms with van der Waals surface area (Å²) in [6.45, 7) is 2.18. The normalized spacial score (nSPS) is 10.8. The highest BCUT2D eigenvalue weighted by molar-refractivity contribution is 5.96. The molecule has 0 bridgehead atoms. The van der Waals surface area contributed by atoms with Gasteiger partial charge in [0.1, 0.15) is 0 Å². The van der Waals surface area contributed by atoms with Crippen molar-refractivity contribution in [2.24, 2.45) is 0 Å². The lowest BCUT2D eigenvalue weighted by Gasteiger charge is -2.11. The Labute approximate surface area is 126 Å². The van der Waals surface area contributed by atoms with Crippen molar-refractivity contribution in [2.75, 3.05) is 0 Å². The van der Waals surface area contributed by atoms with E-state index in [2.05, 4.69) is 0 Å². The Morgan fingerprint density at radius 1 is 0.955 bits per heavy atom. The summed E-state index contributed by atoms with van der Waals surface area (Å²) >= 11 is 0. The lowest BCUT2D eigenvalue weighted by molar-refractivity contribution is 0.0949. The van der Waals surface area contributed by atoms with Crippen LogP contribution in [-0.2, 0) is 6.54 Å². The molecule has 0 fully saturated rings. The zero-order valence-electron chi connectivity index (χ0n) is 12.0. The van der Waals surface area contributed by atoms with Crippen LogP contribution in [0.25, 0.3) is 10.9 Å². The molecule has 0 aliphatic rings. The molecule has 0 N–H and O–H groups in total. The third-order valence-electron chi connectivity index (χ3n) is 3.59. The Morgan fingerprint density at radius 3 is 2.27 bits per heavy atom. The molecule has 5 nitrogen and oxygen atoms in total. The fourth-order valence-electron chi connectivity index (χ4n) is 2.52. The quantitative estimate of drug-likeness (QED) is 0.725. The van der Waals surface area contributed by atoms with Crippen molar-refractivity contribution in [3.63, 3.8) is 0 Å². The summed E-state index contributed by atoms with van der Waals surface area (Å²) in [5, 5.41) is 0.355. The minimum Gasteiger partial charge on any atom is -0.293 e. The van der Waals surface area contributed by atoms with E-state index in [9.17, 15) is 14.4 Å². The second-order valence-corrected chi connectivity index (χ2v) is 4.86. The Bertz CT molecular complexity index is 969. The number of carbonyl (C=O) groups excluding carboxylic acids is 1. The molecule has 2 aromatic carbocycles. The number of aryl methyl sites for hydroxylation is 1. The van der Waals surface area contributed by atoms with Gasteiger partial charge in [-0.05, 0) is 31.2 Å². The first-order chi connectivity index (χ1) is 10.6. The molecule has 0 saturated carbocycles. The molecule has 110 valence electrons. The average Bonchev–Trinajstić information content (AvgIpc) is 2.56. The molecule has 1 aromatic heterocycles. The van der Waals surface area contributed by atoms with Crippen LogP contribution in [0, 0.1) is 0 Å². The van der Waals surface area contributed by atoms with E-state index in [1.54, 1.807) is 61.5 Å². The number of hydrogen-bond donors (Lipinski definition) is 0. The summed E-state index contributed by atoms with van der Waals surface area (Å²) in [5.41, 5.74) is -0.351. The van der Waals surface area contributed by atoms with Crippen LogP contribution in [0.1, 0.15) is 17.3 Å². The predicted molar refractivity (Wildman–Crippen MR) is 84.3 cm³/mol. The molecule has 0 amide bonds. The van der Waals surface area contributed by atoms with Crippen molar-refractivity contribution in [2.45, 2.75) is 13.5 Å². The Hall–Kier alpha value is -2.95. The van der Waals surface area contributed by atoms with Gasteiger partial charge in [-0.25, -0.2) is 4.79 Å². The third-order valence-corrected chi connectivity index (χ3v) is 3.59. The van der Waals surface area contributed by atoms with Gasteiger partial charge in [-0.2, -0.15) is 4.57 Å². The molecule has 0 aliphatic heterocycles. The highest BCUT2D eigenvalue weighted by atomic mass is 16.2. The van der Waals surface area contributed by atoms with Gasteiger partial charge in [-0.3, -0.25) is 14.2 Å². The first-order valence-corrected chi connectivity index (χ1v) is 6.99. The molecular weight excluding hydrogens is 280 g/mol. The molecule has 0 saturated heterocycles. The van der Waals surface area contributed by atoms with E-state index in [0.29, 0.717) is 27.6 Å². The molecule has 0 spiro atoms. The molecule has 1 heterocycles. The maximum absolute atomic E-state index is 12.6. The van der Waals surface area contributed by atoms with Crippen LogP contribution in [0.15, 0.2) is 64.2 Å². The minimum atomic E-state index is -0.611. The lowest BCUT2D eigenvalue weighted by atomic mass is 10.2. The standard InChI is InChI=1S/C17H14N2O3/c1-2-18-14-11-7-6-10-13(14)16(21)19(17(18)22)15(20)12-8-4-3-5-9-12/h3-11H,2H2,1H3. The Morgan fingerprint density at radius 2 is 1.59 bits per heavy atom. The average molecular weight is 294 g/mol.